The maximum absolute atomic E-state index is 13.3. The molecule has 0 saturated carbocycles. The standard InChI is InChI=1S/C18H17F3O/c1-3-13-17(2,18(19,20)21)14-9-11-16(12-10-14)22-15-7-5-4-6-8-15/h3-13H,1-2H3. The van der Waals surface area contributed by atoms with Crippen molar-refractivity contribution in [3.63, 3.8) is 0 Å². The number of hydrogen-bond donors (Lipinski definition) is 0. The molecule has 2 rings (SSSR count). The maximum Gasteiger partial charge on any atom is 0.401 e. The van der Waals surface area contributed by atoms with Crippen LogP contribution < -0.4 is 4.74 Å². The average molecular weight is 306 g/mol. The number of alkyl halides is 3. The summed E-state index contributed by atoms with van der Waals surface area (Å²) in [4.78, 5) is 0. The van der Waals surface area contributed by atoms with Crippen molar-refractivity contribution in [2.24, 2.45) is 0 Å². The summed E-state index contributed by atoms with van der Waals surface area (Å²) in [6.45, 7) is 2.75. The fraction of sp³-hybridized carbons (Fsp3) is 0.222. The third-order valence-corrected chi connectivity index (χ3v) is 3.52. The first kappa shape index (κ1) is 16.1. The summed E-state index contributed by atoms with van der Waals surface area (Å²) in [7, 11) is 0. The van der Waals surface area contributed by atoms with E-state index in [9.17, 15) is 13.2 Å². The molecule has 22 heavy (non-hydrogen) atoms. The smallest absolute Gasteiger partial charge is 0.401 e. The van der Waals surface area contributed by atoms with Gasteiger partial charge < -0.3 is 4.74 Å². The molecule has 116 valence electrons. The summed E-state index contributed by atoms with van der Waals surface area (Å²) in [5.41, 5.74) is -1.83. The van der Waals surface area contributed by atoms with E-state index in [1.165, 1.54) is 31.2 Å². The van der Waals surface area contributed by atoms with E-state index in [-0.39, 0.29) is 5.56 Å². The number of benzene rings is 2. The van der Waals surface area contributed by atoms with Crippen LogP contribution >= 0.6 is 0 Å². The summed E-state index contributed by atoms with van der Waals surface area (Å²) in [5.74, 6) is 1.14. The van der Waals surface area contributed by atoms with Gasteiger partial charge in [-0.15, -0.1) is 0 Å². The third-order valence-electron chi connectivity index (χ3n) is 3.52. The molecule has 1 unspecified atom stereocenters. The second-order valence-corrected chi connectivity index (χ2v) is 5.14. The largest absolute Gasteiger partial charge is 0.457 e. The molecule has 0 spiro atoms. The van der Waals surface area contributed by atoms with Crippen LogP contribution in [0.4, 0.5) is 13.2 Å². The van der Waals surface area contributed by atoms with Gasteiger partial charge in [-0.05, 0) is 43.7 Å². The molecule has 0 heterocycles. The van der Waals surface area contributed by atoms with Gasteiger partial charge in [-0.25, -0.2) is 0 Å². The van der Waals surface area contributed by atoms with Crippen LogP contribution in [-0.4, -0.2) is 6.18 Å². The van der Waals surface area contributed by atoms with Crippen molar-refractivity contribution in [2.45, 2.75) is 25.4 Å². The van der Waals surface area contributed by atoms with Crippen LogP contribution in [0.2, 0.25) is 0 Å². The van der Waals surface area contributed by atoms with E-state index < -0.39 is 11.6 Å². The topological polar surface area (TPSA) is 9.23 Å². The molecule has 2 aromatic carbocycles. The lowest BCUT2D eigenvalue weighted by molar-refractivity contribution is -0.171. The molecule has 0 aromatic heterocycles. The molecule has 0 aliphatic rings. The normalized spacial score (nSPS) is 14.8. The van der Waals surface area contributed by atoms with Crippen LogP contribution in [0.1, 0.15) is 19.4 Å². The highest BCUT2D eigenvalue weighted by molar-refractivity contribution is 5.38. The van der Waals surface area contributed by atoms with Crippen LogP contribution in [0.25, 0.3) is 0 Å². The van der Waals surface area contributed by atoms with Crippen LogP contribution in [-0.2, 0) is 5.41 Å². The zero-order valence-electron chi connectivity index (χ0n) is 12.4. The van der Waals surface area contributed by atoms with E-state index in [4.69, 9.17) is 4.74 Å². The second-order valence-electron chi connectivity index (χ2n) is 5.14. The predicted octanol–water partition coefficient (Wildman–Crippen LogP) is 5.88. The Labute approximate surface area is 128 Å². The Morgan fingerprint density at radius 1 is 0.864 bits per heavy atom. The fourth-order valence-corrected chi connectivity index (χ4v) is 2.18. The van der Waals surface area contributed by atoms with E-state index in [1.54, 1.807) is 31.2 Å². The second kappa shape index (κ2) is 6.26. The third kappa shape index (κ3) is 3.32. The Morgan fingerprint density at radius 2 is 1.41 bits per heavy atom. The molecule has 1 nitrogen and oxygen atoms in total. The van der Waals surface area contributed by atoms with Crippen LogP contribution in [0.15, 0.2) is 66.7 Å². The van der Waals surface area contributed by atoms with E-state index in [1.807, 2.05) is 18.2 Å². The molecule has 4 heteroatoms. The SMILES string of the molecule is CC=CC(C)(c1ccc(Oc2ccccc2)cc1)C(F)(F)F. The zero-order valence-corrected chi connectivity index (χ0v) is 12.4. The first-order valence-corrected chi connectivity index (χ1v) is 6.91. The molecule has 0 aliphatic heterocycles. The lowest BCUT2D eigenvalue weighted by Crippen LogP contribution is -2.37. The molecule has 0 saturated heterocycles. The Kier molecular flexibility index (Phi) is 4.59. The highest BCUT2D eigenvalue weighted by atomic mass is 19.4. The van der Waals surface area contributed by atoms with Gasteiger partial charge in [0, 0.05) is 0 Å². The molecule has 0 fully saturated rings. The number of allylic oxidation sites excluding steroid dienone is 2. The maximum atomic E-state index is 13.3. The van der Waals surface area contributed by atoms with Crippen molar-refractivity contribution in [2.75, 3.05) is 0 Å². The minimum Gasteiger partial charge on any atom is -0.457 e. The van der Waals surface area contributed by atoms with E-state index >= 15 is 0 Å². The van der Waals surface area contributed by atoms with E-state index in [2.05, 4.69) is 0 Å². The zero-order chi connectivity index (χ0) is 16.2. The Bertz CT molecular complexity index is 630. The molecular formula is C18H17F3O. The number of hydrogen-bond acceptors (Lipinski definition) is 1. The predicted molar refractivity (Wildman–Crippen MR) is 81.2 cm³/mol. The van der Waals surface area contributed by atoms with Gasteiger partial charge in [0.2, 0.25) is 0 Å². The minimum absolute atomic E-state index is 0.179. The molecule has 2 aromatic rings. The van der Waals surface area contributed by atoms with Crippen LogP contribution in [0.5, 0.6) is 11.5 Å². The van der Waals surface area contributed by atoms with E-state index in [0.29, 0.717) is 11.5 Å². The lowest BCUT2D eigenvalue weighted by atomic mass is 9.81. The number of ether oxygens (including phenoxy) is 1. The Balaban J connectivity index is 2.27. The van der Waals surface area contributed by atoms with E-state index in [0.717, 1.165) is 0 Å². The first-order chi connectivity index (χ1) is 10.4. The molecule has 0 aliphatic carbocycles. The van der Waals surface area contributed by atoms with Crippen molar-refractivity contribution in [1.82, 2.24) is 0 Å². The fourth-order valence-electron chi connectivity index (χ4n) is 2.18. The van der Waals surface area contributed by atoms with Crippen LogP contribution in [0.3, 0.4) is 0 Å². The molecule has 0 radical (unpaired) electrons. The summed E-state index contributed by atoms with van der Waals surface area (Å²) in [5, 5.41) is 0. The Morgan fingerprint density at radius 3 is 1.91 bits per heavy atom. The van der Waals surface area contributed by atoms with Crippen molar-refractivity contribution < 1.29 is 17.9 Å². The van der Waals surface area contributed by atoms with Crippen molar-refractivity contribution >= 4 is 0 Å². The molecule has 0 bridgehead atoms. The highest BCUT2D eigenvalue weighted by Crippen LogP contribution is 2.42. The summed E-state index contributed by atoms with van der Waals surface area (Å²) >= 11 is 0. The van der Waals surface area contributed by atoms with Gasteiger partial charge in [0.1, 0.15) is 16.9 Å². The van der Waals surface area contributed by atoms with Gasteiger partial charge in [0.15, 0.2) is 0 Å². The summed E-state index contributed by atoms with van der Waals surface area (Å²) in [6, 6.07) is 15.1. The summed E-state index contributed by atoms with van der Waals surface area (Å²) in [6.07, 6.45) is -1.77. The number of para-hydroxylation sites is 1. The quantitative estimate of drug-likeness (QED) is 0.641. The monoisotopic (exact) mass is 306 g/mol. The van der Waals surface area contributed by atoms with Crippen molar-refractivity contribution in [3.05, 3.63) is 72.3 Å². The molecular weight excluding hydrogens is 289 g/mol. The Hall–Kier alpha value is -2.23. The van der Waals surface area contributed by atoms with Gasteiger partial charge in [-0.3, -0.25) is 0 Å². The van der Waals surface area contributed by atoms with Gasteiger partial charge >= 0.3 is 6.18 Å². The van der Waals surface area contributed by atoms with Crippen molar-refractivity contribution in [1.29, 1.82) is 0 Å². The van der Waals surface area contributed by atoms with Crippen LogP contribution in [0, 0.1) is 0 Å². The average Bonchev–Trinajstić information content (AvgIpc) is 2.48. The molecule has 0 N–H and O–H groups in total. The highest BCUT2D eigenvalue weighted by Gasteiger charge is 2.50. The number of halogens is 3. The van der Waals surface area contributed by atoms with Gasteiger partial charge in [-0.1, -0.05) is 42.5 Å². The van der Waals surface area contributed by atoms with Crippen molar-refractivity contribution in [3.8, 4) is 11.5 Å². The first-order valence-electron chi connectivity index (χ1n) is 6.91. The molecule has 0 amide bonds. The van der Waals surface area contributed by atoms with Gasteiger partial charge in [0.05, 0.1) is 0 Å². The minimum atomic E-state index is -4.36. The lowest BCUT2D eigenvalue weighted by Gasteiger charge is -2.29. The van der Waals surface area contributed by atoms with Gasteiger partial charge in [0.25, 0.3) is 0 Å². The molecule has 1 atom stereocenters. The van der Waals surface area contributed by atoms with Gasteiger partial charge in [-0.2, -0.15) is 13.2 Å². The number of rotatable bonds is 4. The summed E-state index contributed by atoms with van der Waals surface area (Å²) < 4.78 is 45.6.